The summed E-state index contributed by atoms with van der Waals surface area (Å²) in [6.45, 7) is 6.95. The minimum absolute atomic E-state index is 0.0753. The molecule has 0 atom stereocenters. The van der Waals surface area contributed by atoms with Gasteiger partial charge in [0.05, 0.1) is 6.42 Å². The third kappa shape index (κ3) is 5.12. The number of hydrogen-bond donors (Lipinski definition) is 1. The first-order valence-electron chi connectivity index (χ1n) is 7.07. The van der Waals surface area contributed by atoms with Crippen LogP contribution < -0.4 is 5.32 Å². The second-order valence-electron chi connectivity index (χ2n) is 4.82. The number of carbonyl (C=O) groups excluding carboxylic acids is 1. The Hall–Kier alpha value is -2.74. The van der Waals surface area contributed by atoms with Crippen molar-refractivity contribution in [2.75, 3.05) is 0 Å². The van der Waals surface area contributed by atoms with E-state index in [-0.39, 0.29) is 18.2 Å². The van der Waals surface area contributed by atoms with Crippen LogP contribution in [0.1, 0.15) is 10.6 Å². The van der Waals surface area contributed by atoms with Gasteiger partial charge in [-0.15, -0.1) is 11.3 Å². The van der Waals surface area contributed by atoms with Gasteiger partial charge >= 0.3 is 6.18 Å². The van der Waals surface area contributed by atoms with Crippen LogP contribution in [0.4, 0.5) is 13.2 Å². The van der Waals surface area contributed by atoms with Gasteiger partial charge in [0.25, 0.3) is 0 Å². The largest absolute Gasteiger partial charge is 0.433 e. The van der Waals surface area contributed by atoms with Gasteiger partial charge in [-0.25, -0.2) is 4.99 Å². The van der Waals surface area contributed by atoms with Crippen LogP contribution in [0.5, 0.6) is 0 Å². The van der Waals surface area contributed by atoms with Crippen molar-refractivity contribution in [3.05, 3.63) is 66.5 Å². The molecule has 1 amide bonds. The van der Waals surface area contributed by atoms with Crippen molar-refractivity contribution in [3.63, 3.8) is 0 Å². The van der Waals surface area contributed by atoms with Crippen molar-refractivity contribution in [2.24, 2.45) is 4.99 Å². The van der Waals surface area contributed by atoms with Crippen LogP contribution in [0.2, 0.25) is 0 Å². The third-order valence-electron chi connectivity index (χ3n) is 3.02. The predicted molar refractivity (Wildman–Crippen MR) is 92.2 cm³/mol. The first kappa shape index (κ1) is 18.6. The molecule has 0 unspecified atom stereocenters. The Balaban J connectivity index is 2.13. The van der Waals surface area contributed by atoms with Crippen LogP contribution in [0, 0.1) is 0 Å². The smallest absolute Gasteiger partial charge is 0.310 e. The molecule has 4 nitrogen and oxygen atoms in total. The van der Waals surface area contributed by atoms with E-state index in [1.54, 1.807) is 12.1 Å². The Morgan fingerprint density at radius 3 is 2.72 bits per heavy atom. The normalized spacial score (nSPS) is 11.9. The number of nitrogens with one attached hydrogen (secondary N) is 1. The molecule has 0 aliphatic carbocycles. The second kappa shape index (κ2) is 7.89. The van der Waals surface area contributed by atoms with Crippen molar-refractivity contribution in [1.82, 2.24) is 10.3 Å². The number of aromatic nitrogens is 1. The van der Waals surface area contributed by atoms with Gasteiger partial charge < -0.3 is 5.32 Å². The molecular formula is C17H14F3N3OS. The number of nitrogens with zero attached hydrogens (tertiary/aromatic N) is 2. The van der Waals surface area contributed by atoms with E-state index in [9.17, 15) is 18.0 Å². The van der Waals surface area contributed by atoms with Gasteiger partial charge in [0.1, 0.15) is 11.5 Å². The van der Waals surface area contributed by atoms with E-state index in [2.05, 4.69) is 28.5 Å². The highest BCUT2D eigenvalue weighted by Gasteiger charge is 2.32. The van der Waals surface area contributed by atoms with E-state index in [1.165, 1.54) is 29.7 Å². The second-order valence-corrected chi connectivity index (χ2v) is 5.99. The quantitative estimate of drug-likeness (QED) is 0.637. The number of amides is 1. The Morgan fingerprint density at radius 1 is 1.32 bits per heavy atom. The number of thiophene rings is 1. The lowest BCUT2D eigenvalue weighted by atomic mass is 10.2. The maximum Gasteiger partial charge on any atom is 0.433 e. The van der Waals surface area contributed by atoms with Crippen LogP contribution >= 0.6 is 11.3 Å². The first-order valence-corrected chi connectivity index (χ1v) is 7.88. The van der Waals surface area contributed by atoms with Gasteiger partial charge in [-0.2, -0.15) is 13.2 Å². The molecule has 0 bridgehead atoms. The number of amidine groups is 1. The fraction of sp³-hybridized carbons (Fsp3) is 0.118. The van der Waals surface area contributed by atoms with Crippen molar-refractivity contribution >= 4 is 23.1 Å². The summed E-state index contributed by atoms with van der Waals surface area (Å²) in [7, 11) is 0. The monoisotopic (exact) mass is 365 g/mol. The summed E-state index contributed by atoms with van der Waals surface area (Å²) >= 11 is 1.24. The summed E-state index contributed by atoms with van der Waals surface area (Å²) in [6.07, 6.45) is -0.642. The highest BCUT2D eigenvalue weighted by Crippen LogP contribution is 2.33. The number of alkyl halides is 3. The molecule has 0 spiro atoms. The van der Waals surface area contributed by atoms with Gasteiger partial charge in [0.15, 0.2) is 0 Å². The third-order valence-corrected chi connectivity index (χ3v) is 4.16. The molecule has 0 aliphatic rings. The highest BCUT2D eigenvalue weighted by molar-refractivity contribution is 7.15. The Labute approximate surface area is 146 Å². The molecule has 2 rings (SSSR count). The van der Waals surface area contributed by atoms with Crippen molar-refractivity contribution in [1.29, 1.82) is 0 Å². The molecule has 0 saturated heterocycles. The van der Waals surface area contributed by atoms with Crippen LogP contribution in [-0.4, -0.2) is 16.7 Å². The number of rotatable bonds is 5. The zero-order valence-electron chi connectivity index (χ0n) is 13.0. The van der Waals surface area contributed by atoms with Gasteiger partial charge in [0.2, 0.25) is 5.91 Å². The number of aliphatic imine (C=N–C) groups is 1. The fourth-order valence-electron chi connectivity index (χ4n) is 1.95. The number of hydrogen-bond acceptors (Lipinski definition) is 4. The fourth-order valence-corrected chi connectivity index (χ4v) is 2.95. The molecule has 0 saturated carbocycles. The minimum Gasteiger partial charge on any atom is -0.310 e. The Morgan fingerprint density at radius 2 is 2.08 bits per heavy atom. The lowest BCUT2D eigenvalue weighted by Gasteiger charge is -2.06. The summed E-state index contributed by atoms with van der Waals surface area (Å²) < 4.78 is 38.2. The first-order chi connectivity index (χ1) is 11.8. The molecule has 2 aromatic rings. The van der Waals surface area contributed by atoms with Gasteiger partial charge in [-0.05, 0) is 35.9 Å². The average molecular weight is 365 g/mol. The van der Waals surface area contributed by atoms with Crippen LogP contribution in [0.25, 0.3) is 10.4 Å². The maximum absolute atomic E-state index is 12.7. The molecule has 2 aromatic heterocycles. The van der Waals surface area contributed by atoms with E-state index in [1.807, 2.05) is 0 Å². The number of pyridine rings is 1. The molecule has 2 heterocycles. The van der Waals surface area contributed by atoms with E-state index in [0.29, 0.717) is 15.3 Å². The Bertz CT molecular complexity index is 825. The maximum atomic E-state index is 12.7. The molecule has 8 heteroatoms. The van der Waals surface area contributed by atoms with E-state index in [4.69, 9.17) is 0 Å². The minimum atomic E-state index is -4.50. The van der Waals surface area contributed by atoms with Gasteiger partial charge in [0, 0.05) is 22.2 Å². The SMILES string of the molecule is C=CN=C(C=C)NC(=O)Cc1ccc(-c2ccnc(C(F)(F)F)c2)s1. The summed E-state index contributed by atoms with van der Waals surface area (Å²) in [5.41, 5.74) is -0.548. The zero-order valence-corrected chi connectivity index (χ0v) is 13.8. The Kier molecular flexibility index (Phi) is 5.87. The lowest BCUT2D eigenvalue weighted by Crippen LogP contribution is -2.29. The molecule has 0 aliphatic heterocycles. The molecule has 130 valence electrons. The lowest BCUT2D eigenvalue weighted by molar-refractivity contribution is -0.141. The summed E-state index contributed by atoms with van der Waals surface area (Å²) in [5, 5.41) is 2.56. The number of carbonyl (C=O) groups is 1. The van der Waals surface area contributed by atoms with Crippen molar-refractivity contribution in [3.8, 4) is 10.4 Å². The van der Waals surface area contributed by atoms with Gasteiger partial charge in [-0.3, -0.25) is 9.78 Å². The van der Waals surface area contributed by atoms with Crippen LogP contribution in [0.3, 0.4) is 0 Å². The van der Waals surface area contributed by atoms with Crippen molar-refractivity contribution < 1.29 is 18.0 Å². The zero-order chi connectivity index (χ0) is 18.4. The van der Waals surface area contributed by atoms with Crippen molar-refractivity contribution in [2.45, 2.75) is 12.6 Å². The standard InChI is InChI=1S/C17H14F3N3OS/c1-3-15(21-4-2)23-16(24)10-12-5-6-13(25-12)11-7-8-22-14(9-11)17(18,19)20/h3-9H,1-2,10H2,(H,21,23,24). The highest BCUT2D eigenvalue weighted by atomic mass is 32.1. The molecule has 0 fully saturated rings. The molecular weight excluding hydrogens is 351 g/mol. The van der Waals surface area contributed by atoms with E-state index >= 15 is 0 Å². The predicted octanol–water partition coefficient (Wildman–Crippen LogP) is 4.22. The molecule has 25 heavy (non-hydrogen) atoms. The molecule has 0 aromatic carbocycles. The summed E-state index contributed by atoms with van der Waals surface area (Å²) in [4.78, 5) is 20.5. The van der Waals surface area contributed by atoms with E-state index in [0.717, 1.165) is 12.3 Å². The van der Waals surface area contributed by atoms with E-state index < -0.39 is 11.9 Å². The molecule has 0 radical (unpaired) electrons. The van der Waals surface area contributed by atoms with Crippen LogP contribution in [-0.2, 0) is 17.4 Å². The topological polar surface area (TPSA) is 54.4 Å². The van der Waals surface area contributed by atoms with Crippen LogP contribution in [0.15, 0.2) is 60.9 Å². The molecule has 1 N–H and O–H groups in total. The summed E-state index contributed by atoms with van der Waals surface area (Å²) in [6, 6.07) is 5.86. The van der Waals surface area contributed by atoms with Gasteiger partial charge in [-0.1, -0.05) is 13.2 Å². The number of halogens is 3. The summed E-state index contributed by atoms with van der Waals surface area (Å²) in [5.74, 6) is -0.0275. The average Bonchev–Trinajstić information content (AvgIpc) is 3.02.